The number of nitrogens with zero attached hydrogens (tertiary/aromatic N) is 1. The Labute approximate surface area is 133 Å². The Morgan fingerprint density at radius 2 is 2.00 bits per heavy atom. The lowest BCUT2D eigenvalue weighted by Gasteiger charge is -2.13. The number of sulfonamides is 1. The van der Waals surface area contributed by atoms with Gasteiger partial charge in [-0.25, -0.2) is 8.42 Å². The van der Waals surface area contributed by atoms with Gasteiger partial charge in [-0.3, -0.25) is 9.71 Å². The second kappa shape index (κ2) is 5.71. The summed E-state index contributed by atoms with van der Waals surface area (Å²) in [7, 11) is -3.73. The second-order valence-corrected chi connectivity index (χ2v) is 7.50. The molecule has 5 nitrogen and oxygen atoms in total. The molecule has 20 heavy (non-hydrogen) atoms. The highest BCUT2D eigenvalue weighted by atomic mass is 79.9. The number of nitrogens with two attached hydrogens (primary N) is 1. The van der Waals surface area contributed by atoms with E-state index in [0.717, 1.165) is 0 Å². The van der Waals surface area contributed by atoms with Gasteiger partial charge in [0.1, 0.15) is 0 Å². The first-order chi connectivity index (χ1) is 9.31. The van der Waals surface area contributed by atoms with Crippen molar-refractivity contribution in [3.8, 4) is 0 Å². The average Bonchev–Trinajstić information content (AvgIpc) is 2.36. The van der Waals surface area contributed by atoms with Crippen LogP contribution < -0.4 is 10.5 Å². The van der Waals surface area contributed by atoms with E-state index in [0.29, 0.717) is 25.9 Å². The number of aromatic nitrogens is 1. The van der Waals surface area contributed by atoms with Gasteiger partial charge in [-0.1, -0.05) is 15.9 Å². The van der Waals surface area contributed by atoms with Crippen LogP contribution >= 0.6 is 31.9 Å². The van der Waals surface area contributed by atoms with Crippen LogP contribution in [0.5, 0.6) is 0 Å². The van der Waals surface area contributed by atoms with E-state index in [2.05, 4.69) is 41.6 Å². The number of benzene rings is 1. The molecule has 3 N–H and O–H groups in total. The monoisotopic (exact) mass is 419 g/mol. The molecular formula is C12H11Br2N3O2S. The highest BCUT2D eigenvalue weighted by molar-refractivity contribution is 9.10. The Bertz CT molecular complexity index is 763. The van der Waals surface area contributed by atoms with E-state index in [4.69, 9.17) is 5.73 Å². The molecule has 0 radical (unpaired) electrons. The summed E-state index contributed by atoms with van der Waals surface area (Å²) in [6.45, 7) is 1.66. The van der Waals surface area contributed by atoms with Crippen LogP contribution in [0.1, 0.15) is 5.56 Å². The maximum absolute atomic E-state index is 12.5. The molecule has 0 bridgehead atoms. The third-order valence-corrected chi connectivity index (χ3v) is 5.25. The molecule has 2 rings (SSSR count). The van der Waals surface area contributed by atoms with Gasteiger partial charge in [-0.2, -0.15) is 0 Å². The maximum Gasteiger partial charge on any atom is 0.262 e. The molecule has 0 atom stereocenters. The van der Waals surface area contributed by atoms with Crippen LogP contribution in [0.3, 0.4) is 0 Å². The molecule has 0 aliphatic heterocycles. The number of rotatable bonds is 3. The minimum atomic E-state index is -3.73. The fourth-order valence-electron chi connectivity index (χ4n) is 1.61. The molecule has 0 aliphatic rings. The van der Waals surface area contributed by atoms with Gasteiger partial charge >= 0.3 is 0 Å². The SMILES string of the molecule is Cc1c(N)cc(Br)cc1S(=O)(=O)Nc1ccncc1Br. The molecule has 0 saturated heterocycles. The van der Waals surface area contributed by atoms with E-state index < -0.39 is 10.0 Å². The molecule has 0 aliphatic carbocycles. The lowest BCUT2D eigenvalue weighted by Crippen LogP contribution is -2.15. The molecule has 2 aromatic rings. The first kappa shape index (κ1) is 15.3. The van der Waals surface area contributed by atoms with Gasteiger partial charge in [0.2, 0.25) is 0 Å². The van der Waals surface area contributed by atoms with Crippen molar-refractivity contribution in [1.29, 1.82) is 0 Å². The summed E-state index contributed by atoms with van der Waals surface area (Å²) in [6, 6.07) is 4.75. The first-order valence-corrected chi connectivity index (χ1v) is 8.56. The number of nitrogen functional groups attached to an aromatic ring is 1. The molecule has 0 unspecified atom stereocenters. The molecule has 1 aromatic carbocycles. The quantitative estimate of drug-likeness (QED) is 0.746. The van der Waals surface area contributed by atoms with Crippen LogP contribution in [0, 0.1) is 6.92 Å². The third kappa shape index (κ3) is 3.13. The molecule has 0 fully saturated rings. The van der Waals surface area contributed by atoms with Crippen LogP contribution in [0.15, 0.2) is 44.4 Å². The fraction of sp³-hybridized carbons (Fsp3) is 0.0833. The van der Waals surface area contributed by atoms with Crippen LogP contribution in [0.4, 0.5) is 11.4 Å². The summed E-state index contributed by atoms with van der Waals surface area (Å²) >= 11 is 6.49. The van der Waals surface area contributed by atoms with Crippen molar-refractivity contribution in [1.82, 2.24) is 4.98 Å². The predicted octanol–water partition coefficient (Wildman–Crippen LogP) is 3.30. The van der Waals surface area contributed by atoms with Crippen molar-refractivity contribution in [3.05, 3.63) is 45.1 Å². The van der Waals surface area contributed by atoms with Crippen LogP contribution in [-0.2, 0) is 10.0 Å². The molecule has 106 valence electrons. The standard InChI is InChI=1S/C12H11Br2N3O2S/c1-7-10(15)4-8(13)5-12(7)20(18,19)17-11-2-3-16-6-9(11)14/h2-6H,15H2,1H3,(H,16,17). The number of hydrogen-bond donors (Lipinski definition) is 2. The molecule has 0 amide bonds. The summed E-state index contributed by atoms with van der Waals surface area (Å²) in [5.41, 5.74) is 7.13. The number of halogens is 2. The Morgan fingerprint density at radius 3 is 2.65 bits per heavy atom. The van der Waals surface area contributed by atoms with Gasteiger partial charge < -0.3 is 5.73 Å². The van der Waals surface area contributed by atoms with Crippen molar-refractivity contribution in [3.63, 3.8) is 0 Å². The van der Waals surface area contributed by atoms with Crippen molar-refractivity contribution in [2.24, 2.45) is 0 Å². The summed E-state index contributed by atoms with van der Waals surface area (Å²) < 4.78 is 28.6. The van der Waals surface area contributed by atoms with Gasteiger partial charge in [-0.15, -0.1) is 0 Å². The minimum Gasteiger partial charge on any atom is -0.398 e. The summed E-state index contributed by atoms with van der Waals surface area (Å²) in [5, 5.41) is 0. The van der Waals surface area contributed by atoms with Gasteiger partial charge in [-0.05, 0) is 46.6 Å². The Kier molecular flexibility index (Phi) is 4.36. The summed E-state index contributed by atoms with van der Waals surface area (Å²) in [5.74, 6) is 0. The van der Waals surface area contributed by atoms with E-state index in [9.17, 15) is 8.42 Å². The highest BCUT2D eigenvalue weighted by Gasteiger charge is 2.20. The zero-order valence-corrected chi connectivity index (χ0v) is 14.4. The Balaban J connectivity index is 2.49. The lowest BCUT2D eigenvalue weighted by molar-refractivity contribution is 0.600. The first-order valence-electron chi connectivity index (χ1n) is 5.49. The van der Waals surface area contributed by atoms with E-state index in [-0.39, 0.29) is 4.90 Å². The largest absolute Gasteiger partial charge is 0.398 e. The molecule has 0 saturated carbocycles. The smallest absolute Gasteiger partial charge is 0.262 e. The van der Waals surface area contributed by atoms with E-state index in [1.807, 2.05) is 0 Å². The Morgan fingerprint density at radius 1 is 1.30 bits per heavy atom. The lowest BCUT2D eigenvalue weighted by atomic mass is 10.2. The molecule has 8 heteroatoms. The Hall–Kier alpha value is -1.12. The highest BCUT2D eigenvalue weighted by Crippen LogP contribution is 2.29. The zero-order chi connectivity index (χ0) is 14.9. The predicted molar refractivity (Wildman–Crippen MR) is 86.0 cm³/mol. The molecular weight excluding hydrogens is 410 g/mol. The van der Waals surface area contributed by atoms with E-state index in [1.165, 1.54) is 18.5 Å². The molecule has 1 heterocycles. The van der Waals surface area contributed by atoms with Gasteiger partial charge in [0, 0.05) is 22.6 Å². The minimum absolute atomic E-state index is 0.132. The number of pyridine rings is 1. The van der Waals surface area contributed by atoms with E-state index in [1.54, 1.807) is 19.1 Å². The zero-order valence-electron chi connectivity index (χ0n) is 10.4. The summed E-state index contributed by atoms with van der Waals surface area (Å²) in [6.07, 6.45) is 3.02. The average molecular weight is 421 g/mol. The summed E-state index contributed by atoms with van der Waals surface area (Å²) in [4.78, 5) is 4.02. The van der Waals surface area contributed by atoms with Crippen LogP contribution in [0.2, 0.25) is 0 Å². The normalized spacial score (nSPS) is 11.3. The van der Waals surface area contributed by atoms with Crippen molar-refractivity contribution < 1.29 is 8.42 Å². The molecule has 1 aromatic heterocycles. The van der Waals surface area contributed by atoms with Gasteiger partial charge in [0.15, 0.2) is 0 Å². The fourth-order valence-corrected chi connectivity index (χ4v) is 4.10. The number of anilines is 2. The van der Waals surface area contributed by atoms with Gasteiger partial charge in [0.25, 0.3) is 10.0 Å². The molecule has 0 spiro atoms. The second-order valence-electron chi connectivity index (χ2n) is 4.08. The van der Waals surface area contributed by atoms with E-state index >= 15 is 0 Å². The van der Waals surface area contributed by atoms with Crippen molar-refractivity contribution in [2.45, 2.75) is 11.8 Å². The topological polar surface area (TPSA) is 85.1 Å². The van der Waals surface area contributed by atoms with Crippen molar-refractivity contribution in [2.75, 3.05) is 10.5 Å². The maximum atomic E-state index is 12.5. The van der Waals surface area contributed by atoms with Crippen molar-refractivity contribution >= 4 is 53.3 Å². The van der Waals surface area contributed by atoms with Gasteiger partial charge in [0.05, 0.1) is 15.1 Å². The van der Waals surface area contributed by atoms with Crippen LogP contribution in [0.25, 0.3) is 0 Å². The third-order valence-electron chi connectivity index (χ3n) is 2.67. The van der Waals surface area contributed by atoms with Crippen LogP contribution in [-0.4, -0.2) is 13.4 Å². The number of hydrogen-bond acceptors (Lipinski definition) is 4. The number of nitrogens with one attached hydrogen (secondary N) is 1.